The molecule has 2 rings (SSSR count). The lowest BCUT2D eigenvalue weighted by Gasteiger charge is -2.36. The molecule has 2 unspecified atom stereocenters. The molecule has 4 nitrogen and oxygen atoms in total. The molecule has 106 valence electrons. The first-order valence-corrected chi connectivity index (χ1v) is 8.40. The Hall–Kier alpha value is -0.910. The fraction of sp³-hybridized carbons (Fsp3) is 0.571. The Kier molecular flexibility index (Phi) is 4.60. The number of hydrogen-bond acceptors (Lipinski definition) is 3. The third kappa shape index (κ3) is 3.55. The van der Waals surface area contributed by atoms with Crippen molar-refractivity contribution >= 4 is 10.0 Å². The summed E-state index contributed by atoms with van der Waals surface area (Å²) in [6.07, 6.45) is 2.85. The Balaban J connectivity index is 2.18. The van der Waals surface area contributed by atoms with Gasteiger partial charge in [-0.2, -0.15) is 4.31 Å². The van der Waals surface area contributed by atoms with Crippen LogP contribution in [0.15, 0.2) is 30.3 Å². The number of sulfonamides is 1. The van der Waals surface area contributed by atoms with Gasteiger partial charge in [-0.3, -0.25) is 0 Å². The van der Waals surface area contributed by atoms with Crippen LogP contribution in [0.1, 0.15) is 31.7 Å². The molecule has 1 heterocycles. The Labute approximate surface area is 115 Å². The summed E-state index contributed by atoms with van der Waals surface area (Å²) >= 11 is 0. The molecule has 2 N–H and O–H groups in total. The van der Waals surface area contributed by atoms with Crippen molar-refractivity contribution in [3.63, 3.8) is 0 Å². The molecule has 0 radical (unpaired) electrons. The zero-order valence-corrected chi connectivity index (χ0v) is 12.1. The molecule has 2 atom stereocenters. The zero-order chi connectivity index (χ0) is 13.9. The van der Waals surface area contributed by atoms with Crippen molar-refractivity contribution in [2.75, 3.05) is 6.54 Å². The zero-order valence-electron chi connectivity index (χ0n) is 11.3. The van der Waals surface area contributed by atoms with Gasteiger partial charge in [0.05, 0.1) is 5.75 Å². The first kappa shape index (κ1) is 14.5. The van der Waals surface area contributed by atoms with Gasteiger partial charge in [-0.05, 0) is 25.3 Å². The second-order valence-electron chi connectivity index (χ2n) is 5.27. The molecule has 1 saturated heterocycles. The van der Waals surface area contributed by atoms with E-state index in [-0.39, 0.29) is 17.8 Å². The Bertz CT molecular complexity index is 499. The van der Waals surface area contributed by atoms with Crippen LogP contribution in [0.3, 0.4) is 0 Å². The van der Waals surface area contributed by atoms with E-state index in [0.29, 0.717) is 6.54 Å². The van der Waals surface area contributed by atoms with E-state index in [2.05, 4.69) is 0 Å². The van der Waals surface area contributed by atoms with Gasteiger partial charge in [0.1, 0.15) is 0 Å². The summed E-state index contributed by atoms with van der Waals surface area (Å²) in [6, 6.07) is 9.15. The summed E-state index contributed by atoms with van der Waals surface area (Å²) in [5.41, 5.74) is 6.77. The minimum Gasteiger partial charge on any atom is -0.326 e. The average molecular weight is 282 g/mol. The van der Waals surface area contributed by atoms with Gasteiger partial charge in [-0.25, -0.2) is 8.42 Å². The first-order chi connectivity index (χ1) is 9.00. The molecule has 5 heteroatoms. The molecule has 0 spiro atoms. The summed E-state index contributed by atoms with van der Waals surface area (Å²) in [5.74, 6) is 0.0665. The van der Waals surface area contributed by atoms with E-state index < -0.39 is 10.0 Å². The number of hydrogen-bond donors (Lipinski definition) is 1. The van der Waals surface area contributed by atoms with Gasteiger partial charge in [-0.15, -0.1) is 0 Å². The van der Waals surface area contributed by atoms with Crippen molar-refractivity contribution in [3.05, 3.63) is 35.9 Å². The highest BCUT2D eigenvalue weighted by molar-refractivity contribution is 7.88. The van der Waals surface area contributed by atoms with Crippen LogP contribution in [0, 0.1) is 0 Å². The van der Waals surface area contributed by atoms with E-state index in [0.717, 1.165) is 24.8 Å². The van der Waals surface area contributed by atoms with Crippen molar-refractivity contribution in [2.45, 2.75) is 44.0 Å². The van der Waals surface area contributed by atoms with E-state index in [1.165, 1.54) is 0 Å². The largest absolute Gasteiger partial charge is 0.326 e. The number of piperidine rings is 1. The van der Waals surface area contributed by atoms with Crippen LogP contribution < -0.4 is 5.73 Å². The van der Waals surface area contributed by atoms with Crippen LogP contribution >= 0.6 is 0 Å². The highest BCUT2D eigenvalue weighted by atomic mass is 32.2. The van der Waals surface area contributed by atoms with Crippen LogP contribution in [0.4, 0.5) is 0 Å². The lowest BCUT2D eigenvalue weighted by Crippen LogP contribution is -2.51. The number of nitrogens with two attached hydrogens (primary N) is 1. The third-order valence-electron chi connectivity index (χ3n) is 3.65. The van der Waals surface area contributed by atoms with Crippen molar-refractivity contribution in [1.82, 2.24) is 4.31 Å². The lowest BCUT2D eigenvalue weighted by molar-refractivity contribution is 0.227. The maximum atomic E-state index is 12.5. The molecule has 19 heavy (non-hydrogen) atoms. The molecule has 0 aliphatic carbocycles. The van der Waals surface area contributed by atoms with E-state index in [9.17, 15) is 8.42 Å². The Morgan fingerprint density at radius 2 is 2.00 bits per heavy atom. The molecular formula is C14H22N2O2S. The normalized spacial score (nSPS) is 23.2. The first-order valence-electron chi connectivity index (χ1n) is 6.80. The maximum Gasteiger partial charge on any atom is 0.218 e. The van der Waals surface area contributed by atoms with Gasteiger partial charge in [0.25, 0.3) is 0 Å². The molecule has 1 aromatic carbocycles. The van der Waals surface area contributed by atoms with Crippen LogP contribution in [0.25, 0.3) is 0 Å². The second-order valence-corrected chi connectivity index (χ2v) is 7.20. The predicted molar refractivity (Wildman–Crippen MR) is 77.1 cm³/mol. The molecule has 0 amide bonds. The minimum absolute atomic E-state index is 0.0533. The molecule has 1 aliphatic rings. The van der Waals surface area contributed by atoms with Gasteiger partial charge in [-0.1, -0.05) is 36.8 Å². The lowest BCUT2D eigenvalue weighted by atomic mass is 10.00. The predicted octanol–water partition coefficient (Wildman–Crippen LogP) is 1.72. The second kappa shape index (κ2) is 6.03. The SMILES string of the molecule is CC(N)C1CCCCN1S(=O)(=O)Cc1ccccc1. The standard InChI is InChI=1S/C14H22N2O2S/c1-12(15)14-9-5-6-10-16(14)19(17,18)11-13-7-3-2-4-8-13/h2-4,7-8,12,14H,5-6,9-11,15H2,1H3. The molecule has 0 aromatic heterocycles. The monoisotopic (exact) mass is 282 g/mol. The van der Waals surface area contributed by atoms with Gasteiger partial charge in [0, 0.05) is 18.6 Å². The van der Waals surface area contributed by atoms with E-state index in [1.54, 1.807) is 4.31 Å². The highest BCUT2D eigenvalue weighted by Crippen LogP contribution is 2.24. The summed E-state index contributed by atoms with van der Waals surface area (Å²) in [6.45, 7) is 2.49. The van der Waals surface area contributed by atoms with Crippen LogP contribution in [-0.4, -0.2) is 31.4 Å². The van der Waals surface area contributed by atoms with Crippen molar-refractivity contribution in [3.8, 4) is 0 Å². The fourth-order valence-corrected chi connectivity index (χ4v) is 4.57. The Morgan fingerprint density at radius 3 is 2.63 bits per heavy atom. The van der Waals surface area contributed by atoms with Crippen LogP contribution in [0.2, 0.25) is 0 Å². The molecule has 1 aromatic rings. The van der Waals surface area contributed by atoms with E-state index in [1.807, 2.05) is 37.3 Å². The summed E-state index contributed by atoms with van der Waals surface area (Å²) in [4.78, 5) is 0. The smallest absolute Gasteiger partial charge is 0.218 e. The number of benzene rings is 1. The van der Waals surface area contributed by atoms with Gasteiger partial charge < -0.3 is 5.73 Å². The number of rotatable bonds is 4. The summed E-state index contributed by atoms with van der Waals surface area (Å²) in [7, 11) is -3.28. The summed E-state index contributed by atoms with van der Waals surface area (Å²) < 4.78 is 26.7. The van der Waals surface area contributed by atoms with Crippen LogP contribution in [0.5, 0.6) is 0 Å². The van der Waals surface area contributed by atoms with Crippen molar-refractivity contribution < 1.29 is 8.42 Å². The average Bonchev–Trinajstić information content (AvgIpc) is 2.39. The van der Waals surface area contributed by atoms with Gasteiger partial charge >= 0.3 is 0 Å². The molecule has 0 saturated carbocycles. The topological polar surface area (TPSA) is 63.4 Å². The molecule has 1 fully saturated rings. The molecule has 0 bridgehead atoms. The third-order valence-corrected chi connectivity index (χ3v) is 5.52. The minimum atomic E-state index is -3.28. The highest BCUT2D eigenvalue weighted by Gasteiger charge is 2.34. The van der Waals surface area contributed by atoms with Gasteiger partial charge in [0.2, 0.25) is 10.0 Å². The van der Waals surface area contributed by atoms with Gasteiger partial charge in [0.15, 0.2) is 0 Å². The molecule has 1 aliphatic heterocycles. The van der Waals surface area contributed by atoms with Crippen molar-refractivity contribution in [1.29, 1.82) is 0 Å². The molecular weight excluding hydrogens is 260 g/mol. The fourth-order valence-electron chi connectivity index (χ4n) is 2.67. The van der Waals surface area contributed by atoms with Crippen LogP contribution in [-0.2, 0) is 15.8 Å². The van der Waals surface area contributed by atoms with E-state index in [4.69, 9.17) is 5.73 Å². The number of nitrogens with zero attached hydrogens (tertiary/aromatic N) is 1. The quantitative estimate of drug-likeness (QED) is 0.914. The van der Waals surface area contributed by atoms with Crippen molar-refractivity contribution in [2.24, 2.45) is 5.73 Å². The van der Waals surface area contributed by atoms with E-state index >= 15 is 0 Å². The Morgan fingerprint density at radius 1 is 1.32 bits per heavy atom. The summed E-state index contributed by atoms with van der Waals surface area (Å²) in [5, 5.41) is 0. The maximum absolute atomic E-state index is 12.5.